The van der Waals surface area contributed by atoms with Crippen molar-refractivity contribution in [3.63, 3.8) is 0 Å². The van der Waals surface area contributed by atoms with Crippen molar-refractivity contribution in [3.05, 3.63) is 47.5 Å². The Morgan fingerprint density at radius 3 is 2.68 bits per heavy atom. The number of esters is 1. The molecule has 1 aromatic carbocycles. The van der Waals surface area contributed by atoms with Gasteiger partial charge in [0.05, 0.1) is 36.7 Å². The summed E-state index contributed by atoms with van der Waals surface area (Å²) >= 11 is 1.31. The average molecular weight is 537 g/mol. The molecule has 11 heteroatoms. The number of aromatic nitrogens is 3. The van der Waals surface area contributed by atoms with Gasteiger partial charge in [0.15, 0.2) is 5.01 Å². The lowest BCUT2D eigenvalue weighted by Crippen LogP contribution is -2.40. The van der Waals surface area contributed by atoms with Crippen molar-refractivity contribution in [2.24, 2.45) is 11.8 Å². The molecule has 1 saturated carbocycles. The van der Waals surface area contributed by atoms with E-state index in [4.69, 9.17) is 4.74 Å². The van der Waals surface area contributed by atoms with Gasteiger partial charge in [0.1, 0.15) is 5.01 Å². The zero-order chi connectivity index (χ0) is 26.8. The lowest BCUT2D eigenvalue weighted by atomic mass is 10.0. The number of nitrogens with zero attached hydrogens (tertiary/aromatic N) is 4. The van der Waals surface area contributed by atoms with Crippen LogP contribution in [0.4, 0.5) is 0 Å². The van der Waals surface area contributed by atoms with Crippen LogP contribution in [0.2, 0.25) is 0 Å². The molecule has 2 N–H and O–H groups in total. The molecule has 1 aliphatic heterocycles. The molecule has 2 aromatic heterocycles. The number of fused-ring (bicyclic) bond motifs is 1. The maximum absolute atomic E-state index is 12.8. The number of hydrogen-bond acceptors (Lipinski definition) is 9. The van der Waals surface area contributed by atoms with Crippen LogP contribution in [0, 0.1) is 11.8 Å². The third-order valence-corrected chi connectivity index (χ3v) is 8.25. The lowest BCUT2D eigenvalue weighted by molar-refractivity contribution is -0.143. The summed E-state index contributed by atoms with van der Waals surface area (Å²) in [4.78, 5) is 39.1. The highest BCUT2D eigenvalue weighted by Gasteiger charge is 2.48. The van der Waals surface area contributed by atoms with Gasteiger partial charge in [-0.05, 0) is 69.2 Å². The zero-order valence-electron chi connectivity index (χ0n) is 21.6. The van der Waals surface area contributed by atoms with Crippen LogP contribution in [0.15, 0.2) is 36.9 Å². The van der Waals surface area contributed by atoms with E-state index in [1.807, 2.05) is 18.2 Å². The van der Waals surface area contributed by atoms with Crippen LogP contribution >= 0.6 is 11.3 Å². The molecule has 5 rings (SSSR count). The fourth-order valence-corrected chi connectivity index (χ4v) is 5.74. The molecule has 1 saturated heterocycles. The highest BCUT2D eigenvalue weighted by atomic mass is 32.1. The molecule has 2 fully saturated rings. The van der Waals surface area contributed by atoms with Crippen molar-refractivity contribution in [2.75, 3.05) is 27.2 Å². The summed E-state index contributed by atoms with van der Waals surface area (Å²) in [6, 6.07) is 8.56. The molecule has 2 unspecified atom stereocenters. The van der Waals surface area contributed by atoms with Crippen LogP contribution in [-0.4, -0.2) is 70.7 Å². The molecule has 3 heterocycles. The summed E-state index contributed by atoms with van der Waals surface area (Å²) in [5.74, 6) is -1.53. The van der Waals surface area contributed by atoms with Crippen LogP contribution in [0.1, 0.15) is 34.6 Å². The van der Waals surface area contributed by atoms with Crippen molar-refractivity contribution in [1.82, 2.24) is 30.3 Å². The van der Waals surface area contributed by atoms with Gasteiger partial charge in [0.25, 0.3) is 5.91 Å². The van der Waals surface area contributed by atoms with Crippen molar-refractivity contribution in [2.45, 2.75) is 38.4 Å². The normalized spacial score (nSPS) is 19.8. The van der Waals surface area contributed by atoms with Gasteiger partial charge in [0.2, 0.25) is 5.91 Å². The molecular weight excluding hydrogens is 504 g/mol. The number of methoxy groups -OCH3 is 1. The van der Waals surface area contributed by atoms with E-state index < -0.39 is 0 Å². The third kappa shape index (κ3) is 5.54. The second kappa shape index (κ2) is 11.1. The first-order valence-corrected chi connectivity index (χ1v) is 13.6. The Balaban J connectivity index is 1.30. The highest BCUT2D eigenvalue weighted by Crippen LogP contribution is 2.39. The van der Waals surface area contributed by atoms with E-state index in [9.17, 15) is 14.4 Å². The molecule has 0 radical (unpaired) electrons. The Hall–Kier alpha value is -3.41. The molecule has 0 spiro atoms. The third-order valence-electron chi connectivity index (χ3n) is 7.31. The van der Waals surface area contributed by atoms with Crippen molar-refractivity contribution >= 4 is 40.0 Å². The van der Waals surface area contributed by atoms with Crippen LogP contribution in [0.3, 0.4) is 0 Å². The molecule has 0 bridgehead atoms. The Labute approximate surface area is 225 Å². The minimum absolute atomic E-state index is 0.198. The van der Waals surface area contributed by atoms with Gasteiger partial charge >= 0.3 is 5.97 Å². The van der Waals surface area contributed by atoms with Crippen LogP contribution in [0.5, 0.6) is 0 Å². The van der Waals surface area contributed by atoms with Gasteiger partial charge in [0, 0.05) is 18.0 Å². The summed E-state index contributed by atoms with van der Waals surface area (Å²) in [6.07, 6.45) is 4.06. The van der Waals surface area contributed by atoms with E-state index in [2.05, 4.69) is 45.4 Å². The number of hydrogen-bond donors (Lipinski definition) is 2. The van der Waals surface area contributed by atoms with Gasteiger partial charge in [-0.1, -0.05) is 24.0 Å². The van der Waals surface area contributed by atoms with Crippen molar-refractivity contribution in [3.8, 4) is 10.7 Å². The number of piperidine rings is 1. The SMILES string of the molecule is C=CC(=O)n1c(-c2nnc(CNC(=O)C3CC3C(=O)OC)s2)cc2cc(CNC3CCN(C)CC3)ccc21. The summed E-state index contributed by atoms with van der Waals surface area (Å²) in [5.41, 5.74) is 2.56. The van der Waals surface area contributed by atoms with E-state index in [1.165, 1.54) is 24.5 Å². The predicted molar refractivity (Wildman–Crippen MR) is 144 cm³/mol. The lowest BCUT2D eigenvalue weighted by Gasteiger charge is -2.29. The first-order chi connectivity index (χ1) is 18.4. The number of allylic oxidation sites excluding steroid dienone is 1. The largest absolute Gasteiger partial charge is 0.469 e. The number of likely N-dealkylation sites (tertiary alicyclic amines) is 1. The minimum Gasteiger partial charge on any atom is -0.469 e. The molecule has 38 heavy (non-hydrogen) atoms. The molecule has 200 valence electrons. The molecule has 3 aromatic rings. The molecule has 2 aliphatic rings. The number of rotatable bonds is 9. The Kier molecular flexibility index (Phi) is 7.68. The Morgan fingerprint density at radius 1 is 1.16 bits per heavy atom. The maximum atomic E-state index is 12.8. The average Bonchev–Trinajstić information content (AvgIpc) is 3.44. The smallest absolute Gasteiger partial charge is 0.309 e. The molecule has 2 atom stereocenters. The Morgan fingerprint density at radius 2 is 1.95 bits per heavy atom. The van der Waals surface area contributed by atoms with E-state index in [0.717, 1.165) is 48.9 Å². The van der Waals surface area contributed by atoms with Crippen molar-refractivity contribution < 1.29 is 19.1 Å². The van der Waals surface area contributed by atoms with Gasteiger partial charge in [-0.25, -0.2) is 0 Å². The van der Waals surface area contributed by atoms with E-state index in [1.54, 1.807) is 4.57 Å². The topological polar surface area (TPSA) is 118 Å². The van der Waals surface area contributed by atoms with Gasteiger partial charge in [-0.3, -0.25) is 19.0 Å². The quantitative estimate of drug-likeness (QED) is 0.317. The van der Waals surface area contributed by atoms with Gasteiger partial charge < -0.3 is 20.3 Å². The molecule has 1 aliphatic carbocycles. The fraction of sp³-hybridized carbons (Fsp3) is 0.444. The second-order valence-electron chi connectivity index (χ2n) is 9.95. The number of nitrogens with one attached hydrogen (secondary N) is 2. The van der Waals surface area contributed by atoms with Crippen LogP contribution in [-0.2, 0) is 27.4 Å². The number of benzene rings is 1. The van der Waals surface area contributed by atoms with E-state index >= 15 is 0 Å². The first kappa shape index (κ1) is 26.2. The van der Waals surface area contributed by atoms with Gasteiger partial charge in [-0.15, -0.1) is 10.2 Å². The maximum Gasteiger partial charge on any atom is 0.309 e. The van der Waals surface area contributed by atoms with Gasteiger partial charge in [-0.2, -0.15) is 0 Å². The molecule has 1 amide bonds. The molecular formula is C27H32N6O4S. The number of ether oxygens (including phenoxy) is 1. The monoisotopic (exact) mass is 536 g/mol. The highest BCUT2D eigenvalue weighted by molar-refractivity contribution is 7.14. The number of carbonyl (C=O) groups is 3. The fourth-order valence-electron chi connectivity index (χ4n) is 4.95. The number of carbonyl (C=O) groups excluding carboxylic acids is 3. The number of amides is 1. The van der Waals surface area contributed by atoms with E-state index in [-0.39, 0.29) is 36.2 Å². The molecule has 10 nitrogen and oxygen atoms in total. The Bertz CT molecular complexity index is 1370. The van der Waals surface area contributed by atoms with Crippen LogP contribution < -0.4 is 10.6 Å². The summed E-state index contributed by atoms with van der Waals surface area (Å²) in [7, 11) is 3.48. The van der Waals surface area contributed by atoms with Crippen molar-refractivity contribution in [1.29, 1.82) is 0 Å². The van der Waals surface area contributed by atoms with E-state index in [0.29, 0.717) is 28.2 Å². The standard InChI is InChI=1S/C27H32N6O4S/c1-4-24(34)33-21-6-5-16(14-28-18-7-9-32(2)10-8-18)11-17(21)12-22(33)26-31-30-23(38-26)15-29-25(35)19-13-20(19)27(36)37-3/h4-6,11-12,18-20,28H,1,7-10,13-15H2,2-3H3,(H,29,35). The first-order valence-electron chi connectivity index (χ1n) is 12.8. The summed E-state index contributed by atoms with van der Waals surface area (Å²) in [6.45, 7) is 6.84. The summed E-state index contributed by atoms with van der Waals surface area (Å²) in [5, 5.41) is 17.1. The van der Waals surface area contributed by atoms with Crippen LogP contribution in [0.25, 0.3) is 21.6 Å². The summed E-state index contributed by atoms with van der Waals surface area (Å²) < 4.78 is 6.31. The minimum atomic E-state index is -0.366. The predicted octanol–water partition coefficient (Wildman–Crippen LogP) is 2.60. The second-order valence-corrected chi connectivity index (χ2v) is 11.0. The zero-order valence-corrected chi connectivity index (χ0v) is 22.4.